The average molecular weight is 246 g/mol. The predicted molar refractivity (Wildman–Crippen MR) is 75.8 cm³/mol. The van der Waals surface area contributed by atoms with Crippen molar-refractivity contribution >= 4 is 31.7 Å². The Morgan fingerprint density at radius 1 is 1.20 bits per heavy atom. The van der Waals surface area contributed by atoms with Gasteiger partial charge in [0.2, 0.25) is 0 Å². The average Bonchev–Trinajstić information content (AvgIpc) is 2.46. The summed E-state index contributed by atoms with van der Waals surface area (Å²) in [6.45, 7) is 4.59. The van der Waals surface area contributed by atoms with Crippen molar-refractivity contribution in [2.24, 2.45) is 0 Å². The second-order valence-corrected chi connectivity index (χ2v) is 5.74. The van der Waals surface area contributed by atoms with Gasteiger partial charge in [-0.05, 0) is 25.9 Å². The Hall–Kier alpha value is 0.685. The van der Waals surface area contributed by atoms with Gasteiger partial charge in [-0.2, -0.15) is 0 Å². The van der Waals surface area contributed by atoms with Gasteiger partial charge in [0, 0.05) is 12.0 Å². The van der Waals surface area contributed by atoms with Gasteiger partial charge in [0.15, 0.2) is 0 Å². The molecule has 5 heteroatoms. The van der Waals surface area contributed by atoms with Crippen molar-refractivity contribution in [2.75, 3.05) is 12.5 Å². The standard InChI is InChI=1S/C10H23BN2S2/c1-5-6-7-9-10(11)13(15-4)8(2)12(9)14-3/h8-10H,5-7,11H2,1-4H3. The monoisotopic (exact) mass is 246 g/mol. The summed E-state index contributed by atoms with van der Waals surface area (Å²) in [4.78, 5) is 0. The lowest BCUT2D eigenvalue weighted by atomic mass is 9.88. The van der Waals surface area contributed by atoms with Crippen molar-refractivity contribution in [3.05, 3.63) is 0 Å². The van der Waals surface area contributed by atoms with Crippen molar-refractivity contribution in [2.45, 2.75) is 51.3 Å². The molecule has 1 heterocycles. The second-order valence-electron chi connectivity index (χ2n) is 4.17. The molecule has 15 heavy (non-hydrogen) atoms. The van der Waals surface area contributed by atoms with Crippen molar-refractivity contribution in [1.82, 2.24) is 8.61 Å². The highest BCUT2D eigenvalue weighted by Crippen LogP contribution is 2.36. The van der Waals surface area contributed by atoms with E-state index in [0.29, 0.717) is 12.1 Å². The van der Waals surface area contributed by atoms with Gasteiger partial charge >= 0.3 is 0 Å². The molecule has 0 radical (unpaired) electrons. The van der Waals surface area contributed by atoms with Crippen LogP contribution in [0.2, 0.25) is 0 Å². The molecule has 2 nitrogen and oxygen atoms in total. The summed E-state index contributed by atoms with van der Waals surface area (Å²) in [5, 5.41) is 0. The van der Waals surface area contributed by atoms with Gasteiger partial charge in [0.25, 0.3) is 0 Å². The Morgan fingerprint density at radius 3 is 2.27 bits per heavy atom. The molecule has 0 aliphatic carbocycles. The third kappa shape index (κ3) is 2.87. The summed E-state index contributed by atoms with van der Waals surface area (Å²) >= 11 is 3.78. The van der Waals surface area contributed by atoms with Crippen molar-refractivity contribution in [3.63, 3.8) is 0 Å². The van der Waals surface area contributed by atoms with Crippen LogP contribution < -0.4 is 0 Å². The van der Waals surface area contributed by atoms with Crippen LogP contribution in [0.1, 0.15) is 33.1 Å². The van der Waals surface area contributed by atoms with E-state index in [-0.39, 0.29) is 0 Å². The van der Waals surface area contributed by atoms with E-state index in [1.807, 2.05) is 23.9 Å². The Kier molecular flexibility index (Phi) is 5.89. The summed E-state index contributed by atoms with van der Waals surface area (Å²) in [6.07, 6.45) is 8.94. The first kappa shape index (κ1) is 13.7. The molecule has 1 aliphatic heterocycles. The van der Waals surface area contributed by atoms with Crippen LogP contribution in [0.3, 0.4) is 0 Å². The summed E-state index contributed by atoms with van der Waals surface area (Å²) in [5.74, 6) is 0.675. The van der Waals surface area contributed by atoms with E-state index in [1.54, 1.807) is 0 Å². The Labute approximate surface area is 104 Å². The highest BCUT2D eigenvalue weighted by Gasteiger charge is 2.41. The molecule has 3 atom stereocenters. The van der Waals surface area contributed by atoms with E-state index >= 15 is 0 Å². The number of nitrogens with zero attached hydrogens (tertiary/aromatic N) is 2. The van der Waals surface area contributed by atoms with Gasteiger partial charge in [-0.25, -0.2) is 8.61 Å². The summed E-state index contributed by atoms with van der Waals surface area (Å²) < 4.78 is 5.09. The first-order chi connectivity index (χ1) is 7.17. The molecule has 0 aromatic carbocycles. The molecule has 0 aromatic rings. The maximum Gasteiger partial charge on any atom is 0.127 e. The lowest BCUT2D eigenvalue weighted by molar-refractivity contribution is 0.318. The highest BCUT2D eigenvalue weighted by molar-refractivity contribution is 7.97. The third-order valence-corrected chi connectivity index (χ3v) is 5.35. The van der Waals surface area contributed by atoms with Gasteiger partial charge in [0.05, 0.1) is 6.17 Å². The molecule has 0 spiro atoms. The topological polar surface area (TPSA) is 6.48 Å². The number of hydrogen-bond donors (Lipinski definition) is 0. The zero-order valence-electron chi connectivity index (χ0n) is 10.6. The largest absolute Gasteiger partial charge is 0.237 e. The fourth-order valence-corrected chi connectivity index (χ4v) is 4.40. The number of rotatable bonds is 5. The van der Waals surface area contributed by atoms with Gasteiger partial charge in [-0.3, -0.25) is 0 Å². The lowest BCUT2D eigenvalue weighted by Gasteiger charge is -2.25. The molecule has 1 saturated heterocycles. The Bertz CT molecular complexity index is 194. The SMILES string of the molecule is BC1C(CCCC)N(SC)C(C)N1SC. The highest BCUT2D eigenvalue weighted by atomic mass is 32.2. The van der Waals surface area contributed by atoms with Gasteiger partial charge < -0.3 is 0 Å². The molecule has 0 saturated carbocycles. The van der Waals surface area contributed by atoms with Crippen LogP contribution in [-0.4, -0.2) is 47.1 Å². The van der Waals surface area contributed by atoms with Gasteiger partial charge in [-0.1, -0.05) is 43.7 Å². The van der Waals surface area contributed by atoms with Crippen LogP contribution in [0, 0.1) is 0 Å². The van der Waals surface area contributed by atoms with Gasteiger partial charge in [0.1, 0.15) is 7.85 Å². The van der Waals surface area contributed by atoms with E-state index in [0.717, 1.165) is 6.04 Å². The maximum absolute atomic E-state index is 2.57. The minimum absolute atomic E-state index is 0.562. The zero-order valence-corrected chi connectivity index (χ0v) is 12.2. The third-order valence-electron chi connectivity index (χ3n) is 3.30. The van der Waals surface area contributed by atoms with Crippen LogP contribution >= 0.6 is 23.9 Å². The second kappa shape index (κ2) is 6.43. The molecule has 0 N–H and O–H groups in total. The van der Waals surface area contributed by atoms with Crippen LogP contribution in [0.25, 0.3) is 0 Å². The summed E-state index contributed by atoms with van der Waals surface area (Å²) in [7, 11) is 2.36. The Balaban J connectivity index is 2.66. The number of hydrogen-bond acceptors (Lipinski definition) is 4. The molecule has 1 aliphatic rings. The summed E-state index contributed by atoms with van der Waals surface area (Å²) in [6, 6.07) is 0.724. The van der Waals surface area contributed by atoms with Crippen LogP contribution in [0.5, 0.6) is 0 Å². The predicted octanol–water partition coefficient (Wildman–Crippen LogP) is 2.02. The van der Waals surface area contributed by atoms with Crippen LogP contribution in [0.4, 0.5) is 0 Å². The molecule has 0 amide bonds. The molecule has 3 unspecified atom stereocenters. The molecule has 88 valence electrons. The van der Waals surface area contributed by atoms with Gasteiger partial charge in [-0.15, -0.1) is 0 Å². The van der Waals surface area contributed by atoms with Crippen molar-refractivity contribution in [3.8, 4) is 0 Å². The smallest absolute Gasteiger partial charge is 0.127 e. The van der Waals surface area contributed by atoms with Crippen LogP contribution in [-0.2, 0) is 0 Å². The first-order valence-corrected chi connectivity index (χ1v) is 8.18. The minimum Gasteiger partial charge on any atom is -0.237 e. The summed E-state index contributed by atoms with van der Waals surface area (Å²) in [5.41, 5.74) is 0. The molecule has 0 aromatic heterocycles. The maximum atomic E-state index is 2.57. The Morgan fingerprint density at radius 2 is 1.80 bits per heavy atom. The van der Waals surface area contributed by atoms with Crippen LogP contribution in [0.15, 0.2) is 0 Å². The van der Waals surface area contributed by atoms with E-state index in [4.69, 9.17) is 0 Å². The molecule has 1 rings (SSSR count). The first-order valence-electron chi connectivity index (χ1n) is 5.82. The number of unbranched alkanes of at least 4 members (excludes halogenated alkanes) is 1. The molecular formula is C10H23BN2S2. The quantitative estimate of drug-likeness (QED) is 0.540. The zero-order chi connectivity index (χ0) is 11.4. The minimum atomic E-state index is 0.562. The van der Waals surface area contributed by atoms with Crippen molar-refractivity contribution in [1.29, 1.82) is 0 Å². The fraction of sp³-hybridized carbons (Fsp3) is 1.00. The fourth-order valence-electron chi connectivity index (χ4n) is 2.50. The van der Waals surface area contributed by atoms with E-state index in [2.05, 4.69) is 42.8 Å². The van der Waals surface area contributed by atoms with E-state index < -0.39 is 0 Å². The normalized spacial score (nSPS) is 33.7. The van der Waals surface area contributed by atoms with E-state index in [1.165, 1.54) is 19.3 Å². The van der Waals surface area contributed by atoms with E-state index in [9.17, 15) is 0 Å². The molecule has 0 bridgehead atoms. The molecular weight excluding hydrogens is 223 g/mol. The van der Waals surface area contributed by atoms with Crippen molar-refractivity contribution < 1.29 is 0 Å². The molecule has 1 fully saturated rings. The lowest BCUT2D eigenvalue weighted by Crippen LogP contribution is -2.33.